The molecule has 0 spiro atoms. The molecule has 44 heavy (non-hydrogen) atoms. The normalized spacial score (nSPS) is 17.2. The maximum Gasteiger partial charge on any atom is 0.408 e. The van der Waals surface area contributed by atoms with Crippen LogP contribution >= 0.6 is 0 Å². The lowest BCUT2D eigenvalue weighted by atomic mass is 9.81. The molecule has 0 saturated heterocycles. The number of carbonyl (C=O) groups is 2. The Labute approximate surface area is 244 Å². The van der Waals surface area contributed by atoms with Crippen molar-refractivity contribution in [1.29, 1.82) is 0 Å². The molecule has 1 aliphatic carbocycles. The first-order valence-corrected chi connectivity index (χ1v) is 13.4. The molecule has 1 unspecified atom stereocenters. The molecule has 2 atom stereocenters. The third kappa shape index (κ3) is 7.87. The highest BCUT2D eigenvalue weighted by atomic mass is 19.4. The van der Waals surface area contributed by atoms with E-state index in [1.54, 1.807) is 13.8 Å². The molecular formula is C24H28F8N10O2. The molecule has 1 aliphatic rings. The van der Waals surface area contributed by atoms with Crippen LogP contribution in [0, 0.1) is 11.9 Å². The molecule has 0 radical (unpaired) electrons. The number of hydrogen-bond donors (Lipinski definition) is 2. The Morgan fingerprint density at radius 3 is 2.45 bits per heavy atom. The van der Waals surface area contributed by atoms with E-state index in [2.05, 4.69) is 36.4 Å². The highest BCUT2D eigenvalue weighted by Crippen LogP contribution is 2.38. The third-order valence-electron chi connectivity index (χ3n) is 7.05. The first-order chi connectivity index (χ1) is 20.5. The number of nitrogens with zero attached hydrogens (tertiary/aromatic N) is 8. The lowest BCUT2D eigenvalue weighted by molar-refractivity contribution is -0.143. The number of rotatable bonds is 11. The summed E-state index contributed by atoms with van der Waals surface area (Å²) in [6.45, 7) is 1.78. The van der Waals surface area contributed by atoms with Gasteiger partial charge in [0.05, 0.1) is 6.20 Å². The number of anilines is 1. The number of alkyl halides is 7. The highest BCUT2D eigenvalue weighted by Gasteiger charge is 2.41. The van der Waals surface area contributed by atoms with Crippen LogP contribution in [0.25, 0.3) is 0 Å². The minimum atomic E-state index is -4.82. The van der Waals surface area contributed by atoms with Gasteiger partial charge in [-0.1, -0.05) is 0 Å². The predicted octanol–water partition coefficient (Wildman–Crippen LogP) is 4.16. The van der Waals surface area contributed by atoms with Gasteiger partial charge in [-0.15, -0.1) is 10.2 Å². The molecule has 0 bridgehead atoms. The Morgan fingerprint density at radius 1 is 1.16 bits per heavy atom. The topological polar surface area (TPSA) is 137 Å². The first-order valence-electron chi connectivity index (χ1n) is 13.4. The van der Waals surface area contributed by atoms with Crippen molar-refractivity contribution in [1.82, 2.24) is 45.1 Å². The highest BCUT2D eigenvalue weighted by molar-refractivity contribution is 6.00. The van der Waals surface area contributed by atoms with E-state index < -0.39 is 91.6 Å². The molecule has 12 nitrogen and oxygen atoms in total. The van der Waals surface area contributed by atoms with Gasteiger partial charge in [-0.25, -0.2) is 22.2 Å². The molecule has 1 fully saturated rings. The number of tetrazole rings is 1. The van der Waals surface area contributed by atoms with Gasteiger partial charge in [0, 0.05) is 31.5 Å². The summed E-state index contributed by atoms with van der Waals surface area (Å²) in [4.78, 5) is 26.6. The monoisotopic (exact) mass is 640 g/mol. The van der Waals surface area contributed by atoms with Crippen molar-refractivity contribution in [3.8, 4) is 0 Å². The molecule has 4 rings (SSSR count). The molecular weight excluding hydrogens is 612 g/mol. The van der Waals surface area contributed by atoms with Gasteiger partial charge in [0.2, 0.25) is 18.3 Å². The molecule has 1 saturated carbocycles. The van der Waals surface area contributed by atoms with E-state index in [9.17, 15) is 44.7 Å². The standard InChI is InChI=1S/C24H28F8N10O2/c1-12(2)42-15(5-8-33-42)21(43)35-18(13-3-6-23(28,29)7-4-13)22(44)34-14-10-40(37-19(14)27)16(9-17(25)26)20-36-38-39-41(20)11-24(30,31)32/h5,8,10,12-13,16-18H,3-4,6-7,9,11H2,1-2H3,(H,34,44)(H,35,43)/t16?,18-/m0/s1. The molecule has 2 N–H and O–H groups in total. The smallest absolute Gasteiger partial charge is 0.339 e. The van der Waals surface area contributed by atoms with Crippen molar-refractivity contribution in [2.24, 2.45) is 5.92 Å². The maximum absolute atomic E-state index is 14.9. The Balaban J connectivity index is 1.61. The van der Waals surface area contributed by atoms with E-state index in [4.69, 9.17) is 0 Å². The van der Waals surface area contributed by atoms with Gasteiger partial charge in [0.15, 0.2) is 5.82 Å². The Hall–Kier alpha value is -4.13. The fourth-order valence-electron chi connectivity index (χ4n) is 4.97. The molecule has 3 aromatic heterocycles. The van der Waals surface area contributed by atoms with E-state index in [0.29, 0.717) is 4.68 Å². The minimum Gasteiger partial charge on any atom is -0.339 e. The predicted molar refractivity (Wildman–Crippen MR) is 134 cm³/mol. The Bertz CT molecular complexity index is 1440. The number of nitrogens with one attached hydrogen (secondary N) is 2. The number of carbonyl (C=O) groups excluding carboxylic acids is 2. The molecule has 0 aromatic carbocycles. The van der Waals surface area contributed by atoms with Crippen LogP contribution < -0.4 is 10.6 Å². The van der Waals surface area contributed by atoms with Gasteiger partial charge in [-0.05, 0) is 49.1 Å². The quantitative estimate of drug-likeness (QED) is 0.301. The summed E-state index contributed by atoms with van der Waals surface area (Å²) >= 11 is 0. The van der Waals surface area contributed by atoms with E-state index in [-0.39, 0.29) is 29.3 Å². The average Bonchev–Trinajstić information content (AvgIpc) is 3.66. The molecule has 242 valence electrons. The summed E-state index contributed by atoms with van der Waals surface area (Å²) in [5.74, 6) is -7.62. The summed E-state index contributed by atoms with van der Waals surface area (Å²) in [5, 5.41) is 21.9. The molecule has 3 aromatic rings. The number of halogens is 8. The fraction of sp³-hybridized carbons (Fsp3) is 0.625. The van der Waals surface area contributed by atoms with E-state index >= 15 is 0 Å². The first kappa shape index (κ1) is 32.8. The summed E-state index contributed by atoms with van der Waals surface area (Å²) in [5.41, 5.74) is -0.596. The summed E-state index contributed by atoms with van der Waals surface area (Å²) < 4.78 is 111. The Morgan fingerprint density at radius 2 is 1.84 bits per heavy atom. The van der Waals surface area contributed by atoms with Gasteiger partial charge in [-0.3, -0.25) is 19.0 Å². The van der Waals surface area contributed by atoms with Crippen molar-refractivity contribution in [3.05, 3.63) is 35.9 Å². The van der Waals surface area contributed by atoms with Crippen LogP contribution in [0.15, 0.2) is 18.5 Å². The van der Waals surface area contributed by atoms with Gasteiger partial charge >= 0.3 is 6.18 Å². The number of hydrogen-bond acceptors (Lipinski definition) is 7. The summed E-state index contributed by atoms with van der Waals surface area (Å²) in [7, 11) is 0. The van der Waals surface area contributed by atoms with Crippen LogP contribution in [0.3, 0.4) is 0 Å². The molecule has 0 aliphatic heterocycles. The zero-order valence-corrected chi connectivity index (χ0v) is 23.3. The van der Waals surface area contributed by atoms with Crippen molar-refractivity contribution in [2.45, 2.75) is 89.1 Å². The molecule has 20 heteroatoms. The van der Waals surface area contributed by atoms with Crippen LogP contribution in [0.2, 0.25) is 0 Å². The van der Waals surface area contributed by atoms with Crippen molar-refractivity contribution < 1.29 is 44.7 Å². The van der Waals surface area contributed by atoms with Crippen molar-refractivity contribution in [3.63, 3.8) is 0 Å². The van der Waals surface area contributed by atoms with Gasteiger partial charge in [0.25, 0.3) is 11.9 Å². The van der Waals surface area contributed by atoms with Gasteiger partial charge < -0.3 is 10.6 Å². The summed E-state index contributed by atoms with van der Waals surface area (Å²) in [6, 6.07) is -2.07. The van der Waals surface area contributed by atoms with Gasteiger partial charge in [-0.2, -0.15) is 22.7 Å². The van der Waals surface area contributed by atoms with Crippen LogP contribution in [-0.4, -0.2) is 76.1 Å². The zero-order chi connectivity index (χ0) is 32.4. The SMILES string of the molecule is CC(C)n1nccc1C(=O)N[C@H](C(=O)Nc1cn(C(CC(F)F)c2nnnn2CC(F)(F)F)nc1F)C1CCC(F)(F)CC1. The second-order valence-corrected chi connectivity index (χ2v) is 10.7. The van der Waals surface area contributed by atoms with E-state index in [1.165, 1.54) is 16.9 Å². The van der Waals surface area contributed by atoms with Crippen molar-refractivity contribution in [2.75, 3.05) is 5.32 Å². The largest absolute Gasteiger partial charge is 0.408 e. The van der Waals surface area contributed by atoms with Crippen LogP contribution in [0.5, 0.6) is 0 Å². The second-order valence-electron chi connectivity index (χ2n) is 10.7. The average molecular weight is 641 g/mol. The van der Waals surface area contributed by atoms with Crippen molar-refractivity contribution >= 4 is 17.5 Å². The zero-order valence-electron chi connectivity index (χ0n) is 23.3. The molecule has 2 amide bonds. The minimum absolute atomic E-state index is 0.0735. The number of amides is 2. The molecule has 3 heterocycles. The lowest BCUT2D eigenvalue weighted by Crippen LogP contribution is -2.50. The van der Waals surface area contributed by atoms with Gasteiger partial charge in [0.1, 0.15) is 30.0 Å². The fourth-order valence-corrected chi connectivity index (χ4v) is 4.97. The number of aromatic nitrogens is 8. The second kappa shape index (κ2) is 12.8. The van der Waals surface area contributed by atoms with E-state index in [1.807, 2.05) is 0 Å². The summed E-state index contributed by atoms with van der Waals surface area (Å²) in [6.07, 6.45) is -8.40. The Kier molecular flexibility index (Phi) is 9.57. The van der Waals surface area contributed by atoms with Crippen LogP contribution in [0.1, 0.15) is 74.3 Å². The van der Waals surface area contributed by atoms with E-state index in [0.717, 1.165) is 6.20 Å². The lowest BCUT2D eigenvalue weighted by Gasteiger charge is -2.33. The van der Waals surface area contributed by atoms with Crippen LogP contribution in [-0.2, 0) is 11.3 Å². The third-order valence-corrected chi connectivity index (χ3v) is 7.05. The maximum atomic E-state index is 14.9. The van der Waals surface area contributed by atoms with Crippen LogP contribution in [0.4, 0.5) is 40.8 Å².